The molecule has 0 aliphatic heterocycles. The van der Waals surface area contributed by atoms with Crippen molar-refractivity contribution in [2.75, 3.05) is 6.54 Å². The predicted octanol–water partition coefficient (Wildman–Crippen LogP) is 4.16. The van der Waals surface area contributed by atoms with Gasteiger partial charge in [0.1, 0.15) is 5.75 Å². The molecule has 1 aromatic rings. The first kappa shape index (κ1) is 13.7. The molecule has 1 aliphatic rings. The highest BCUT2D eigenvalue weighted by Gasteiger charge is 2.18. The summed E-state index contributed by atoms with van der Waals surface area (Å²) in [5, 5.41) is 4.06. The quantitative estimate of drug-likeness (QED) is 0.865. The maximum Gasteiger partial charge on any atom is 0.142 e. The molecule has 0 saturated heterocycles. The van der Waals surface area contributed by atoms with E-state index in [4.69, 9.17) is 16.3 Å². The zero-order valence-corrected chi connectivity index (χ0v) is 11.8. The minimum Gasteiger partial charge on any atom is -0.489 e. The zero-order valence-electron chi connectivity index (χ0n) is 11.0. The van der Waals surface area contributed by atoms with Crippen LogP contribution in [0.4, 0.5) is 0 Å². The lowest BCUT2D eigenvalue weighted by Gasteiger charge is -2.25. The van der Waals surface area contributed by atoms with E-state index < -0.39 is 0 Å². The zero-order chi connectivity index (χ0) is 12.8. The minimum absolute atomic E-state index is 0.346. The van der Waals surface area contributed by atoms with E-state index in [9.17, 15) is 0 Å². The predicted molar refractivity (Wildman–Crippen MR) is 76.3 cm³/mol. The molecule has 18 heavy (non-hydrogen) atoms. The van der Waals surface area contributed by atoms with E-state index in [2.05, 4.69) is 18.3 Å². The van der Waals surface area contributed by atoms with Crippen LogP contribution in [0.15, 0.2) is 18.2 Å². The Morgan fingerprint density at radius 3 is 2.78 bits per heavy atom. The van der Waals surface area contributed by atoms with E-state index in [0.29, 0.717) is 6.10 Å². The summed E-state index contributed by atoms with van der Waals surface area (Å²) < 4.78 is 6.14. The molecule has 1 aromatic carbocycles. The molecular weight excluding hydrogens is 246 g/mol. The van der Waals surface area contributed by atoms with E-state index in [1.54, 1.807) is 0 Å². The summed E-state index contributed by atoms with van der Waals surface area (Å²) >= 11 is 6.27. The van der Waals surface area contributed by atoms with Gasteiger partial charge in [0, 0.05) is 12.1 Å². The molecule has 1 N–H and O–H groups in total. The van der Waals surface area contributed by atoms with Gasteiger partial charge in [-0.05, 0) is 38.3 Å². The van der Waals surface area contributed by atoms with E-state index in [-0.39, 0.29) is 0 Å². The lowest BCUT2D eigenvalue weighted by atomic mass is 9.97. The second-order valence-electron chi connectivity index (χ2n) is 4.89. The van der Waals surface area contributed by atoms with Gasteiger partial charge in [-0.25, -0.2) is 0 Å². The van der Waals surface area contributed by atoms with Gasteiger partial charge in [0.2, 0.25) is 0 Å². The highest BCUT2D eigenvalue weighted by molar-refractivity contribution is 6.32. The molecule has 0 radical (unpaired) electrons. The molecule has 1 saturated carbocycles. The average molecular weight is 268 g/mol. The molecule has 2 nitrogen and oxygen atoms in total. The van der Waals surface area contributed by atoms with Crippen LogP contribution in [0.1, 0.15) is 44.6 Å². The number of hydrogen-bond donors (Lipinski definition) is 1. The van der Waals surface area contributed by atoms with Crippen LogP contribution < -0.4 is 10.1 Å². The maximum atomic E-state index is 6.27. The summed E-state index contributed by atoms with van der Waals surface area (Å²) in [6.07, 6.45) is 6.55. The van der Waals surface area contributed by atoms with E-state index in [1.165, 1.54) is 19.3 Å². The van der Waals surface area contributed by atoms with E-state index >= 15 is 0 Å². The van der Waals surface area contributed by atoms with Crippen LogP contribution >= 0.6 is 11.6 Å². The molecule has 1 aliphatic carbocycles. The van der Waals surface area contributed by atoms with Crippen molar-refractivity contribution < 1.29 is 4.74 Å². The Kier molecular flexibility index (Phi) is 5.33. The molecule has 0 amide bonds. The van der Waals surface area contributed by atoms with Crippen molar-refractivity contribution in [3.8, 4) is 5.75 Å². The molecule has 100 valence electrons. The van der Waals surface area contributed by atoms with Crippen LogP contribution in [-0.2, 0) is 6.54 Å². The standard InChI is InChI=1S/C15H22ClNO/c1-2-17-11-12-7-6-10-14(16)15(12)18-13-8-4-3-5-9-13/h6-7,10,13,17H,2-5,8-9,11H2,1H3. The molecule has 0 heterocycles. The molecule has 0 bridgehead atoms. The summed E-state index contributed by atoms with van der Waals surface area (Å²) in [6.45, 7) is 3.88. The van der Waals surface area contributed by atoms with E-state index in [1.807, 2.05) is 12.1 Å². The lowest BCUT2D eigenvalue weighted by Crippen LogP contribution is -2.21. The van der Waals surface area contributed by atoms with Crippen molar-refractivity contribution in [2.24, 2.45) is 0 Å². The fourth-order valence-corrected chi connectivity index (χ4v) is 2.67. The van der Waals surface area contributed by atoms with Crippen LogP contribution in [0.5, 0.6) is 5.75 Å². The Balaban J connectivity index is 2.08. The number of para-hydroxylation sites is 1. The Hall–Kier alpha value is -0.730. The minimum atomic E-state index is 0.346. The summed E-state index contributed by atoms with van der Waals surface area (Å²) in [5.74, 6) is 0.881. The third-order valence-corrected chi connectivity index (χ3v) is 3.75. The number of hydrogen-bond acceptors (Lipinski definition) is 2. The van der Waals surface area contributed by atoms with E-state index in [0.717, 1.165) is 42.3 Å². The van der Waals surface area contributed by atoms with Gasteiger partial charge in [0.25, 0.3) is 0 Å². The first-order valence-corrected chi connectivity index (χ1v) is 7.34. The second kappa shape index (κ2) is 7.01. The largest absolute Gasteiger partial charge is 0.489 e. The van der Waals surface area contributed by atoms with Gasteiger partial charge in [0.15, 0.2) is 0 Å². The number of halogens is 1. The number of rotatable bonds is 5. The van der Waals surface area contributed by atoms with Crippen LogP contribution in [0.2, 0.25) is 5.02 Å². The van der Waals surface area contributed by atoms with Crippen LogP contribution in [0.25, 0.3) is 0 Å². The topological polar surface area (TPSA) is 21.3 Å². The van der Waals surface area contributed by atoms with Gasteiger partial charge < -0.3 is 10.1 Å². The fourth-order valence-electron chi connectivity index (χ4n) is 2.43. The van der Waals surface area contributed by atoms with Crippen molar-refractivity contribution in [1.29, 1.82) is 0 Å². The van der Waals surface area contributed by atoms with Crippen molar-refractivity contribution in [1.82, 2.24) is 5.32 Å². The Morgan fingerprint density at radius 2 is 2.06 bits per heavy atom. The number of nitrogens with one attached hydrogen (secondary N) is 1. The monoisotopic (exact) mass is 267 g/mol. The SMILES string of the molecule is CCNCc1cccc(Cl)c1OC1CCCCC1. The summed E-state index contributed by atoms with van der Waals surface area (Å²) in [5.41, 5.74) is 1.16. The van der Waals surface area contributed by atoms with Gasteiger partial charge in [-0.1, -0.05) is 37.1 Å². The van der Waals surface area contributed by atoms with Crippen molar-refractivity contribution in [2.45, 2.75) is 51.7 Å². The van der Waals surface area contributed by atoms with Gasteiger partial charge in [0.05, 0.1) is 11.1 Å². The van der Waals surface area contributed by atoms with Crippen LogP contribution in [0, 0.1) is 0 Å². The van der Waals surface area contributed by atoms with Crippen LogP contribution in [0.3, 0.4) is 0 Å². The summed E-state index contributed by atoms with van der Waals surface area (Å²) in [6, 6.07) is 5.99. The Labute approximate surface area is 115 Å². The Morgan fingerprint density at radius 1 is 1.28 bits per heavy atom. The maximum absolute atomic E-state index is 6.27. The number of benzene rings is 1. The third kappa shape index (κ3) is 3.63. The Bertz CT molecular complexity index is 375. The highest BCUT2D eigenvalue weighted by Crippen LogP contribution is 2.32. The van der Waals surface area contributed by atoms with Crippen molar-refractivity contribution in [3.05, 3.63) is 28.8 Å². The van der Waals surface area contributed by atoms with Crippen LogP contribution in [-0.4, -0.2) is 12.6 Å². The molecule has 0 aromatic heterocycles. The number of ether oxygens (including phenoxy) is 1. The third-order valence-electron chi connectivity index (χ3n) is 3.45. The van der Waals surface area contributed by atoms with Gasteiger partial charge in [-0.2, -0.15) is 0 Å². The fraction of sp³-hybridized carbons (Fsp3) is 0.600. The first-order chi connectivity index (χ1) is 8.81. The molecule has 0 spiro atoms. The molecule has 0 atom stereocenters. The molecule has 0 unspecified atom stereocenters. The van der Waals surface area contributed by atoms with Gasteiger partial charge in [-0.3, -0.25) is 0 Å². The smallest absolute Gasteiger partial charge is 0.142 e. The van der Waals surface area contributed by atoms with Crippen molar-refractivity contribution >= 4 is 11.6 Å². The molecule has 3 heteroatoms. The molecule has 1 fully saturated rings. The van der Waals surface area contributed by atoms with Gasteiger partial charge >= 0.3 is 0 Å². The van der Waals surface area contributed by atoms with Gasteiger partial charge in [-0.15, -0.1) is 0 Å². The summed E-state index contributed by atoms with van der Waals surface area (Å²) in [7, 11) is 0. The normalized spacial score (nSPS) is 16.8. The first-order valence-electron chi connectivity index (χ1n) is 6.96. The lowest BCUT2D eigenvalue weighted by molar-refractivity contribution is 0.153. The average Bonchev–Trinajstić information content (AvgIpc) is 2.41. The van der Waals surface area contributed by atoms with Crippen molar-refractivity contribution in [3.63, 3.8) is 0 Å². The second-order valence-corrected chi connectivity index (χ2v) is 5.29. The highest BCUT2D eigenvalue weighted by atomic mass is 35.5. The summed E-state index contributed by atoms with van der Waals surface area (Å²) in [4.78, 5) is 0. The molecule has 2 rings (SSSR count). The molecular formula is C15H22ClNO.